The lowest BCUT2D eigenvalue weighted by molar-refractivity contribution is 0.0349. The third-order valence-corrected chi connectivity index (χ3v) is 5.46. The average molecular weight is 383 g/mol. The Morgan fingerprint density at radius 2 is 1.67 bits per heavy atom. The maximum absolute atomic E-state index is 6.62. The van der Waals surface area contributed by atoms with Gasteiger partial charge in [0.1, 0.15) is 0 Å². The molecule has 1 saturated heterocycles. The first-order valence-electron chi connectivity index (χ1n) is 8.98. The fourth-order valence-electron chi connectivity index (χ4n) is 4.00. The lowest BCUT2D eigenvalue weighted by Crippen LogP contribution is -2.58. The first-order chi connectivity index (χ1) is 13.3. The van der Waals surface area contributed by atoms with Crippen molar-refractivity contribution in [1.29, 1.82) is 0 Å². The number of hydrogen-bond donors (Lipinski definition) is 1. The standard InChI is InChI=1S/C20H19ClN4O2/c21-16-5-1-4-15-14-23-25(19(15)16)20(17-6-2-12-26-17,18-7-3-13-27-18)24-10-8-22-9-11-24/h1-7,12-14,22H,8-11H2. The molecule has 0 atom stereocenters. The molecule has 1 aromatic carbocycles. The largest absolute Gasteiger partial charge is 0.465 e. The quantitative estimate of drug-likeness (QED) is 0.585. The van der Waals surface area contributed by atoms with Crippen molar-refractivity contribution in [1.82, 2.24) is 20.0 Å². The van der Waals surface area contributed by atoms with Crippen molar-refractivity contribution in [3.05, 3.63) is 77.7 Å². The molecule has 7 heteroatoms. The smallest absolute Gasteiger partial charge is 0.232 e. The van der Waals surface area contributed by atoms with Crippen LogP contribution in [0.25, 0.3) is 10.9 Å². The van der Waals surface area contributed by atoms with Gasteiger partial charge in [-0.2, -0.15) is 5.10 Å². The lowest BCUT2D eigenvalue weighted by Gasteiger charge is -2.43. The normalized spacial score (nSPS) is 16.2. The number of rotatable bonds is 4. The van der Waals surface area contributed by atoms with Crippen LogP contribution >= 0.6 is 11.6 Å². The molecule has 0 bridgehead atoms. The first-order valence-corrected chi connectivity index (χ1v) is 9.36. The van der Waals surface area contributed by atoms with Gasteiger partial charge in [0.2, 0.25) is 5.66 Å². The van der Waals surface area contributed by atoms with Gasteiger partial charge in [0, 0.05) is 31.6 Å². The zero-order valence-electron chi connectivity index (χ0n) is 14.6. The van der Waals surface area contributed by atoms with Gasteiger partial charge in [-0.1, -0.05) is 23.7 Å². The van der Waals surface area contributed by atoms with Gasteiger partial charge in [-0.25, -0.2) is 4.68 Å². The van der Waals surface area contributed by atoms with E-state index in [1.807, 2.05) is 53.3 Å². The van der Waals surface area contributed by atoms with Crippen LogP contribution in [-0.2, 0) is 5.66 Å². The molecular weight excluding hydrogens is 364 g/mol. The van der Waals surface area contributed by atoms with Crippen LogP contribution in [0.5, 0.6) is 0 Å². The molecule has 5 rings (SSSR count). The highest BCUT2D eigenvalue weighted by atomic mass is 35.5. The monoisotopic (exact) mass is 382 g/mol. The third kappa shape index (κ3) is 2.45. The van der Waals surface area contributed by atoms with Crippen molar-refractivity contribution < 1.29 is 8.83 Å². The topological polar surface area (TPSA) is 59.4 Å². The summed E-state index contributed by atoms with van der Waals surface area (Å²) in [6, 6.07) is 13.5. The van der Waals surface area contributed by atoms with Crippen LogP contribution in [0.2, 0.25) is 5.02 Å². The zero-order chi connectivity index (χ0) is 18.3. The second-order valence-electron chi connectivity index (χ2n) is 6.60. The molecule has 0 aliphatic carbocycles. The fraction of sp³-hybridized carbons (Fsp3) is 0.250. The maximum Gasteiger partial charge on any atom is 0.232 e. The SMILES string of the molecule is Clc1cccc2cnn(C(c3ccco3)(c3ccco3)N3CCNCC3)c12. The molecule has 3 aromatic heterocycles. The highest BCUT2D eigenvalue weighted by molar-refractivity contribution is 6.35. The van der Waals surface area contributed by atoms with Crippen LogP contribution in [0.15, 0.2) is 70.0 Å². The highest BCUT2D eigenvalue weighted by Gasteiger charge is 2.49. The van der Waals surface area contributed by atoms with E-state index in [9.17, 15) is 0 Å². The number of halogens is 1. The fourth-order valence-corrected chi connectivity index (χ4v) is 4.26. The zero-order valence-corrected chi connectivity index (χ0v) is 15.4. The number of furan rings is 2. The average Bonchev–Trinajstić information content (AvgIpc) is 3.47. The molecule has 4 aromatic rings. The predicted octanol–water partition coefficient (Wildman–Crippen LogP) is 3.53. The summed E-state index contributed by atoms with van der Waals surface area (Å²) in [5.41, 5.74) is -0.00697. The Hall–Kier alpha value is -2.54. The molecule has 0 radical (unpaired) electrons. The maximum atomic E-state index is 6.62. The van der Waals surface area contributed by atoms with Gasteiger partial charge in [0.25, 0.3) is 0 Å². The molecule has 0 spiro atoms. The summed E-state index contributed by atoms with van der Waals surface area (Å²) in [7, 11) is 0. The minimum atomic E-state index is -0.859. The molecule has 1 aliphatic heterocycles. The van der Waals surface area contributed by atoms with Gasteiger partial charge in [-0.3, -0.25) is 4.90 Å². The summed E-state index contributed by atoms with van der Waals surface area (Å²) in [6.07, 6.45) is 5.20. The highest BCUT2D eigenvalue weighted by Crippen LogP contribution is 2.41. The van der Waals surface area contributed by atoms with Crippen molar-refractivity contribution in [2.24, 2.45) is 0 Å². The minimum Gasteiger partial charge on any atom is -0.465 e. The number of para-hydroxylation sites is 1. The van der Waals surface area contributed by atoms with Crippen molar-refractivity contribution in [2.75, 3.05) is 26.2 Å². The molecule has 0 amide bonds. The Labute approximate surface area is 161 Å². The number of nitrogens with zero attached hydrogens (tertiary/aromatic N) is 3. The second kappa shape index (κ2) is 6.56. The van der Waals surface area contributed by atoms with Crippen LogP contribution in [-0.4, -0.2) is 40.9 Å². The van der Waals surface area contributed by atoms with Gasteiger partial charge in [0.15, 0.2) is 11.5 Å². The van der Waals surface area contributed by atoms with Crippen molar-refractivity contribution in [3.8, 4) is 0 Å². The van der Waals surface area contributed by atoms with Crippen LogP contribution in [0.4, 0.5) is 0 Å². The second-order valence-corrected chi connectivity index (χ2v) is 7.01. The molecule has 6 nitrogen and oxygen atoms in total. The Bertz CT molecular complexity index is 999. The van der Waals surface area contributed by atoms with Crippen molar-refractivity contribution in [2.45, 2.75) is 5.66 Å². The number of aromatic nitrogens is 2. The van der Waals surface area contributed by atoms with E-state index in [0.717, 1.165) is 48.6 Å². The molecule has 0 saturated carbocycles. The van der Waals surface area contributed by atoms with Crippen LogP contribution < -0.4 is 5.32 Å². The number of nitrogens with one attached hydrogen (secondary N) is 1. The predicted molar refractivity (Wildman–Crippen MR) is 103 cm³/mol. The number of piperazine rings is 1. The van der Waals surface area contributed by atoms with E-state index in [1.54, 1.807) is 12.5 Å². The summed E-state index contributed by atoms with van der Waals surface area (Å²) in [5, 5.41) is 9.79. The molecule has 27 heavy (non-hydrogen) atoms. The summed E-state index contributed by atoms with van der Waals surface area (Å²) in [4.78, 5) is 2.33. The molecule has 4 heterocycles. The van der Waals surface area contributed by atoms with Crippen molar-refractivity contribution in [3.63, 3.8) is 0 Å². The van der Waals surface area contributed by atoms with Gasteiger partial charge < -0.3 is 14.2 Å². The molecule has 1 fully saturated rings. The van der Waals surface area contributed by atoms with Crippen molar-refractivity contribution >= 4 is 22.5 Å². The van der Waals surface area contributed by atoms with Gasteiger partial charge in [-0.15, -0.1) is 0 Å². The minimum absolute atomic E-state index is 0.641. The van der Waals surface area contributed by atoms with E-state index in [2.05, 4.69) is 10.2 Å². The molecule has 138 valence electrons. The Balaban J connectivity index is 1.87. The summed E-state index contributed by atoms with van der Waals surface area (Å²) < 4.78 is 13.9. The van der Waals surface area contributed by atoms with E-state index in [4.69, 9.17) is 25.5 Å². The molecular formula is C20H19ClN4O2. The molecule has 0 unspecified atom stereocenters. The number of fused-ring (bicyclic) bond motifs is 1. The number of hydrogen-bond acceptors (Lipinski definition) is 5. The third-order valence-electron chi connectivity index (χ3n) is 5.15. The van der Waals surface area contributed by atoms with E-state index in [-0.39, 0.29) is 0 Å². The van der Waals surface area contributed by atoms with Crippen LogP contribution in [0.1, 0.15) is 11.5 Å². The summed E-state index contributed by atoms with van der Waals surface area (Å²) >= 11 is 6.62. The van der Waals surface area contributed by atoms with Crippen LogP contribution in [0, 0.1) is 0 Å². The van der Waals surface area contributed by atoms with E-state index < -0.39 is 5.66 Å². The lowest BCUT2D eigenvalue weighted by atomic mass is 9.99. The Kier molecular flexibility index (Phi) is 4.04. The van der Waals surface area contributed by atoms with E-state index >= 15 is 0 Å². The molecule has 1 aliphatic rings. The Morgan fingerprint density at radius 1 is 0.963 bits per heavy atom. The summed E-state index contributed by atoms with van der Waals surface area (Å²) in [6.45, 7) is 3.37. The van der Waals surface area contributed by atoms with Gasteiger partial charge in [-0.05, 0) is 30.3 Å². The Morgan fingerprint density at radius 3 is 2.30 bits per heavy atom. The number of benzene rings is 1. The van der Waals surface area contributed by atoms with E-state index in [0.29, 0.717) is 5.02 Å². The van der Waals surface area contributed by atoms with Gasteiger partial charge in [0.05, 0.1) is 29.3 Å². The molecule has 1 N–H and O–H groups in total. The van der Waals surface area contributed by atoms with Gasteiger partial charge >= 0.3 is 0 Å². The van der Waals surface area contributed by atoms with Crippen LogP contribution in [0.3, 0.4) is 0 Å². The summed E-state index contributed by atoms with van der Waals surface area (Å²) in [5.74, 6) is 1.48. The first kappa shape index (κ1) is 16.6. The van der Waals surface area contributed by atoms with E-state index in [1.165, 1.54) is 0 Å².